The maximum atomic E-state index is 11.7. The predicted octanol–water partition coefficient (Wildman–Crippen LogP) is 0.590. The molecule has 1 amide bonds. The van der Waals surface area contributed by atoms with Crippen molar-refractivity contribution in [1.82, 2.24) is 10.3 Å². The highest BCUT2D eigenvalue weighted by Gasteiger charge is 2.24. The summed E-state index contributed by atoms with van der Waals surface area (Å²) >= 11 is 3.16. The number of carboxylic acids is 1. The van der Waals surface area contributed by atoms with Crippen LogP contribution in [0.15, 0.2) is 22.8 Å². The number of nitrogens with one attached hydrogen (secondary N) is 1. The summed E-state index contributed by atoms with van der Waals surface area (Å²) < 4.78 is 5.05. The Morgan fingerprint density at radius 1 is 1.47 bits per heavy atom. The van der Waals surface area contributed by atoms with E-state index in [2.05, 4.69) is 31.0 Å². The third-order valence-electron chi connectivity index (χ3n) is 2.16. The topological polar surface area (TPSA) is 106 Å². The Hall–Kier alpha value is -1.96. The van der Waals surface area contributed by atoms with Crippen LogP contribution in [0.4, 0.5) is 0 Å². The van der Waals surface area contributed by atoms with E-state index in [4.69, 9.17) is 5.11 Å². The van der Waals surface area contributed by atoms with Crippen molar-refractivity contribution in [2.45, 2.75) is 12.5 Å². The summed E-state index contributed by atoms with van der Waals surface area (Å²) in [6.45, 7) is 0. The molecule has 0 unspecified atom stereocenters. The van der Waals surface area contributed by atoms with Crippen molar-refractivity contribution >= 4 is 33.8 Å². The van der Waals surface area contributed by atoms with E-state index >= 15 is 0 Å². The van der Waals surface area contributed by atoms with Crippen molar-refractivity contribution in [3.63, 3.8) is 0 Å². The van der Waals surface area contributed by atoms with Crippen LogP contribution in [0.2, 0.25) is 0 Å². The van der Waals surface area contributed by atoms with Crippen LogP contribution in [0.25, 0.3) is 0 Å². The number of nitrogens with zero attached hydrogens (tertiary/aromatic N) is 1. The Morgan fingerprint density at radius 2 is 2.16 bits per heavy atom. The first-order chi connectivity index (χ1) is 8.93. The molecule has 0 bridgehead atoms. The van der Waals surface area contributed by atoms with Crippen LogP contribution in [0.1, 0.15) is 16.9 Å². The number of pyridine rings is 1. The molecule has 0 aliphatic rings. The number of methoxy groups -OCH3 is 1. The number of carboxylic acid groups (broad SMARTS) is 1. The number of aromatic nitrogens is 1. The number of aliphatic carboxylic acids is 1. The van der Waals surface area contributed by atoms with Gasteiger partial charge in [-0.3, -0.25) is 9.59 Å². The number of esters is 1. The maximum Gasteiger partial charge on any atom is 0.326 e. The van der Waals surface area contributed by atoms with Crippen molar-refractivity contribution in [1.29, 1.82) is 0 Å². The maximum absolute atomic E-state index is 11.7. The molecule has 0 radical (unpaired) electrons. The van der Waals surface area contributed by atoms with Gasteiger partial charge in [-0.1, -0.05) is 0 Å². The van der Waals surface area contributed by atoms with Gasteiger partial charge in [-0.2, -0.15) is 0 Å². The highest BCUT2D eigenvalue weighted by molar-refractivity contribution is 9.10. The van der Waals surface area contributed by atoms with E-state index in [0.717, 1.165) is 7.11 Å². The van der Waals surface area contributed by atoms with Crippen molar-refractivity contribution in [3.05, 3.63) is 28.5 Å². The van der Waals surface area contributed by atoms with Crippen LogP contribution in [0.3, 0.4) is 0 Å². The fourth-order valence-electron chi connectivity index (χ4n) is 1.19. The average molecular weight is 331 g/mol. The summed E-state index contributed by atoms with van der Waals surface area (Å²) in [5.41, 5.74) is 0.0549. The van der Waals surface area contributed by atoms with Crippen LogP contribution < -0.4 is 5.32 Å². The molecule has 0 saturated carbocycles. The van der Waals surface area contributed by atoms with Gasteiger partial charge in [-0.15, -0.1) is 0 Å². The van der Waals surface area contributed by atoms with Crippen molar-refractivity contribution in [3.8, 4) is 0 Å². The first kappa shape index (κ1) is 15.1. The lowest BCUT2D eigenvalue weighted by Crippen LogP contribution is -2.42. The summed E-state index contributed by atoms with van der Waals surface area (Å²) in [4.78, 5) is 37.5. The number of halogens is 1. The largest absolute Gasteiger partial charge is 0.480 e. The standard InChI is InChI=1S/C11H11BrN2O5/c1-19-9(15)4-8(11(17)18)14-10(16)7-3-2-6(12)5-13-7/h2-3,5,8H,4H2,1H3,(H,14,16)(H,17,18)/t8-/m0/s1. The third kappa shape index (κ3) is 4.66. The summed E-state index contributed by atoms with van der Waals surface area (Å²) in [5.74, 6) is -2.73. The molecule has 1 atom stereocenters. The number of rotatable bonds is 5. The van der Waals surface area contributed by atoms with E-state index in [1.54, 1.807) is 6.07 Å². The minimum atomic E-state index is -1.36. The molecule has 19 heavy (non-hydrogen) atoms. The minimum Gasteiger partial charge on any atom is -0.480 e. The summed E-state index contributed by atoms with van der Waals surface area (Å²) in [7, 11) is 1.14. The van der Waals surface area contributed by atoms with Gasteiger partial charge >= 0.3 is 11.9 Å². The number of carbonyl (C=O) groups is 3. The molecule has 1 aromatic heterocycles. The molecule has 8 heteroatoms. The van der Waals surface area contributed by atoms with Crippen LogP contribution in [-0.4, -0.2) is 41.1 Å². The molecule has 0 fully saturated rings. The highest BCUT2D eigenvalue weighted by Crippen LogP contribution is 2.07. The number of hydrogen-bond acceptors (Lipinski definition) is 5. The Morgan fingerprint density at radius 3 is 2.63 bits per heavy atom. The minimum absolute atomic E-state index is 0.0549. The molecule has 0 aliphatic carbocycles. The Labute approximate surface area is 117 Å². The first-order valence-electron chi connectivity index (χ1n) is 5.16. The van der Waals surface area contributed by atoms with Gasteiger partial charge in [0.2, 0.25) is 0 Å². The molecule has 2 N–H and O–H groups in total. The number of ether oxygens (including phenoxy) is 1. The molecule has 1 heterocycles. The van der Waals surface area contributed by atoms with E-state index in [-0.39, 0.29) is 5.69 Å². The second-order valence-electron chi connectivity index (χ2n) is 3.51. The quantitative estimate of drug-likeness (QED) is 0.765. The highest BCUT2D eigenvalue weighted by atomic mass is 79.9. The van der Waals surface area contributed by atoms with E-state index in [1.165, 1.54) is 12.3 Å². The lowest BCUT2D eigenvalue weighted by atomic mass is 10.2. The Kier molecular flexibility index (Phi) is 5.43. The average Bonchev–Trinajstić information content (AvgIpc) is 2.38. The Bertz CT molecular complexity index is 488. The van der Waals surface area contributed by atoms with Crippen LogP contribution in [0.5, 0.6) is 0 Å². The van der Waals surface area contributed by atoms with E-state index in [0.29, 0.717) is 4.47 Å². The fraction of sp³-hybridized carbons (Fsp3) is 0.273. The van der Waals surface area contributed by atoms with Gasteiger partial charge in [-0.25, -0.2) is 9.78 Å². The third-order valence-corrected chi connectivity index (χ3v) is 2.63. The zero-order valence-corrected chi connectivity index (χ0v) is 11.5. The molecule has 7 nitrogen and oxygen atoms in total. The second kappa shape index (κ2) is 6.83. The van der Waals surface area contributed by atoms with Gasteiger partial charge in [0.05, 0.1) is 13.5 Å². The monoisotopic (exact) mass is 330 g/mol. The molecule has 0 spiro atoms. The van der Waals surface area contributed by atoms with E-state index < -0.39 is 30.3 Å². The number of carbonyl (C=O) groups excluding carboxylic acids is 2. The molecular formula is C11H11BrN2O5. The van der Waals surface area contributed by atoms with Crippen molar-refractivity contribution in [2.24, 2.45) is 0 Å². The second-order valence-corrected chi connectivity index (χ2v) is 4.42. The number of hydrogen-bond donors (Lipinski definition) is 2. The smallest absolute Gasteiger partial charge is 0.326 e. The zero-order valence-electron chi connectivity index (χ0n) is 9.92. The first-order valence-corrected chi connectivity index (χ1v) is 5.95. The van der Waals surface area contributed by atoms with Crippen LogP contribution in [-0.2, 0) is 14.3 Å². The van der Waals surface area contributed by atoms with Crippen molar-refractivity contribution < 1.29 is 24.2 Å². The predicted molar refractivity (Wildman–Crippen MR) is 67.5 cm³/mol. The molecule has 0 aromatic carbocycles. The molecular weight excluding hydrogens is 320 g/mol. The summed E-state index contributed by atoms with van der Waals surface area (Å²) in [6.07, 6.45) is 0.957. The van der Waals surface area contributed by atoms with E-state index in [9.17, 15) is 14.4 Å². The fourth-order valence-corrected chi connectivity index (χ4v) is 1.43. The van der Waals surface area contributed by atoms with Crippen LogP contribution >= 0.6 is 15.9 Å². The van der Waals surface area contributed by atoms with Crippen molar-refractivity contribution in [2.75, 3.05) is 7.11 Å². The van der Waals surface area contributed by atoms with Gasteiger partial charge in [0.1, 0.15) is 11.7 Å². The van der Waals surface area contributed by atoms with Gasteiger partial charge < -0.3 is 15.2 Å². The van der Waals surface area contributed by atoms with Gasteiger partial charge in [0.15, 0.2) is 0 Å². The molecule has 0 saturated heterocycles. The van der Waals surface area contributed by atoms with E-state index in [1.807, 2.05) is 0 Å². The lowest BCUT2D eigenvalue weighted by molar-refractivity contribution is -0.147. The van der Waals surface area contributed by atoms with Gasteiger partial charge in [0, 0.05) is 10.7 Å². The normalized spacial score (nSPS) is 11.5. The van der Waals surface area contributed by atoms with Gasteiger partial charge in [0.25, 0.3) is 5.91 Å². The SMILES string of the molecule is COC(=O)C[C@H](NC(=O)c1ccc(Br)cn1)C(=O)O. The zero-order chi connectivity index (χ0) is 14.4. The van der Waals surface area contributed by atoms with Gasteiger partial charge in [-0.05, 0) is 28.1 Å². The Balaban J connectivity index is 2.73. The molecule has 102 valence electrons. The molecule has 0 aliphatic heterocycles. The lowest BCUT2D eigenvalue weighted by Gasteiger charge is -2.12. The summed E-state index contributed by atoms with van der Waals surface area (Å²) in [5, 5.41) is 11.1. The molecule has 1 rings (SSSR count). The number of amides is 1. The molecule has 1 aromatic rings. The summed E-state index contributed by atoms with van der Waals surface area (Å²) in [6, 6.07) is 1.67. The van der Waals surface area contributed by atoms with Crippen LogP contribution in [0, 0.1) is 0 Å².